The third-order valence-corrected chi connectivity index (χ3v) is 2.25. The van der Waals surface area contributed by atoms with Crippen molar-refractivity contribution in [3.63, 3.8) is 0 Å². The van der Waals surface area contributed by atoms with Gasteiger partial charge in [-0.25, -0.2) is 0 Å². The molecule has 1 atom stereocenters. The highest BCUT2D eigenvalue weighted by Gasteiger charge is 2.18. The van der Waals surface area contributed by atoms with Crippen LogP contribution in [-0.4, -0.2) is 27.2 Å². The molecule has 0 fully saturated rings. The van der Waals surface area contributed by atoms with Gasteiger partial charge in [0.2, 0.25) is 0 Å². The van der Waals surface area contributed by atoms with E-state index in [-0.39, 0.29) is 5.92 Å². The SMILES string of the molecule is CC(C)(C)CCC(CN)c1nn[nH]n1. The number of tetrazole rings is 1. The van der Waals surface area contributed by atoms with E-state index in [9.17, 15) is 0 Å². The molecule has 1 rings (SSSR count). The molecular weight excluding hydrogens is 178 g/mol. The summed E-state index contributed by atoms with van der Waals surface area (Å²) >= 11 is 0. The molecule has 1 aromatic rings. The van der Waals surface area contributed by atoms with Crippen molar-refractivity contribution in [2.75, 3.05) is 6.54 Å². The van der Waals surface area contributed by atoms with E-state index >= 15 is 0 Å². The van der Waals surface area contributed by atoms with Gasteiger partial charge in [0.25, 0.3) is 0 Å². The number of aromatic amines is 1. The Hall–Kier alpha value is -0.970. The van der Waals surface area contributed by atoms with Gasteiger partial charge in [0.15, 0.2) is 5.82 Å². The Morgan fingerprint density at radius 2 is 2.14 bits per heavy atom. The summed E-state index contributed by atoms with van der Waals surface area (Å²) in [6, 6.07) is 0. The van der Waals surface area contributed by atoms with Crippen molar-refractivity contribution in [3.8, 4) is 0 Å². The number of rotatable bonds is 4. The van der Waals surface area contributed by atoms with E-state index in [0.29, 0.717) is 12.0 Å². The number of hydrogen-bond acceptors (Lipinski definition) is 4. The maximum Gasteiger partial charge on any atom is 0.178 e. The second-order valence-electron chi connectivity index (χ2n) is 4.80. The zero-order valence-electron chi connectivity index (χ0n) is 9.12. The lowest BCUT2D eigenvalue weighted by atomic mass is 9.86. The molecule has 0 aromatic carbocycles. The standard InChI is InChI=1S/C9H19N5/c1-9(2,3)5-4-7(6-10)8-11-13-14-12-8/h7H,4-6,10H2,1-3H3,(H,11,12,13,14). The maximum atomic E-state index is 5.67. The highest BCUT2D eigenvalue weighted by atomic mass is 15.5. The summed E-state index contributed by atoms with van der Waals surface area (Å²) in [6.45, 7) is 7.24. The summed E-state index contributed by atoms with van der Waals surface area (Å²) in [5, 5.41) is 13.9. The number of nitrogens with one attached hydrogen (secondary N) is 1. The lowest BCUT2D eigenvalue weighted by Crippen LogP contribution is -2.17. The first-order chi connectivity index (χ1) is 6.53. The Morgan fingerprint density at radius 1 is 1.43 bits per heavy atom. The Bertz CT molecular complexity index is 249. The van der Waals surface area contributed by atoms with Crippen molar-refractivity contribution in [1.82, 2.24) is 20.6 Å². The van der Waals surface area contributed by atoms with E-state index in [2.05, 4.69) is 41.4 Å². The van der Waals surface area contributed by atoms with Crippen LogP contribution in [0.1, 0.15) is 45.4 Å². The fourth-order valence-electron chi connectivity index (χ4n) is 1.30. The molecular formula is C9H19N5. The normalized spacial score (nSPS) is 14.3. The van der Waals surface area contributed by atoms with Crippen molar-refractivity contribution in [1.29, 1.82) is 0 Å². The van der Waals surface area contributed by atoms with E-state index in [4.69, 9.17) is 5.73 Å². The second kappa shape index (κ2) is 4.50. The van der Waals surface area contributed by atoms with Crippen molar-refractivity contribution < 1.29 is 0 Å². The van der Waals surface area contributed by atoms with Gasteiger partial charge in [-0.05, 0) is 18.3 Å². The van der Waals surface area contributed by atoms with Gasteiger partial charge in [-0.3, -0.25) is 0 Å². The Kier molecular flexibility index (Phi) is 3.57. The predicted molar refractivity (Wildman–Crippen MR) is 54.7 cm³/mol. The van der Waals surface area contributed by atoms with Crippen LogP contribution in [0, 0.1) is 5.41 Å². The number of nitrogens with two attached hydrogens (primary N) is 1. The quantitative estimate of drug-likeness (QED) is 0.756. The predicted octanol–water partition coefficient (Wildman–Crippen LogP) is 1.07. The van der Waals surface area contributed by atoms with Gasteiger partial charge in [-0.2, -0.15) is 5.21 Å². The summed E-state index contributed by atoms with van der Waals surface area (Å²) in [7, 11) is 0. The third-order valence-electron chi connectivity index (χ3n) is 2.25. The lowest BCUT2D eigenvalue weighted by molar-refractivity contribution is 0.346. The topological polar surface area (TPSA) is 80.5 Å². The zero-order valence-corrected chi connectivity index (χ0v) is 9.12. The van der Waals surface area contributed by atoms with Gasteiger partial charge in [0.1, 0.15) is 0 Å². The number of aromatic nitrogens is 4. The molecule has 1 heterocycles. The van der Waals surface area contributed by atoms with Gasteiger partial charge < -0.3 is 5.73 Å². The molecule has 0 saturated carbocycles. The van der Waals surface area contributed by atoms with Crippen molar-refractivity contribution in [2.24, 2.45) is 11.1 Å². The minimum Gasteiger partial charge on any atom is -0.330 e. The van der Waals surface area contributed by atoms with Gasteiger partial charge in [-0.15, -0.1) is 10.2 Å². The van der Waals surface area contributed by atoms with Crippen LogP contribution >= 0.6 is 0 Å². The van der Waals surface area contributed by atoms with E-state index in [1.54, 1.807) is 0 Å². The van der Waals surface area contributed by atoms with Crippen molar-refractivity contribution in [3.05, 3.63) is 5.82 Å². The first-order valence-electron chi connectivity index (χ1n) is 4.96. The molecule has 0 aliphatic rings. The molecule has 14 heavy (non-hydrogen) atoms. The average molecular weight is 197 g/mol. The first kappa shape index (κ1) is 11.1. The molecule has 1 unspecified atom stereocenters. The van der Waals surface area contributed by atoms with E-state index in [1.165, 1.54) is 0 Å². The molecule has 0 saturated heterocycles. The van der Waals surface area contributed by atoms with Crippen LogP contribution in [0.25, 0.3) is 0 Å². The Labute approximate surface area is 84.5 Å². The molecule has 0 aliphatic heterocycles. The highest BCUT2D eigenvalue weighted by molar-refractivity contribution is 4.91. The monoisotopic (exact) mass is 197 g/mol. The molecule has 3 N–H and O–H groups in total. The van der Waals surface area contributed by atoms with Crippen LogP contribution in [0.2, 0.25) is 0 Å². The smallest absolute Gasteiger partial charge is 0.178 e. The van der Waals surface area contributed by atoms with Crippen molar-refractivity contribution >= 4 is 0 Å². The summed E-state index contributed by atoms with van der Waals surface area (Å²) in [6.07, 6.45) is 2.13. The van der Waals surface area contributed by atoms with Crippen LogP contribution in [0.15, 0.2) is 0 Å². The number of nitrogens with zero attached hydrogens (tertiary/aromatic N) is 3. The van der Waals surface area contributed by atoms with Gasteiger partial charge in [-0.1, -0.05) is 26.0 Å². The van der Waals surface area contributed by atoms with Crippen LogP contribution in [0.3, 0.4) is 0 Å². The third kappa shape index (κ3) is 3.41. The summed E-state index contributed by atoms with van der Waals surface area (Å²) in [5.41, 5.74) is 6.00. The summed E-state index contributed by atoms with van der Waals surface area (Å²) in [5.74, 6) is 0.963. The molecule has 0 radical (unpaired) electrons. The minimum absolute atomic E-state index is 0.230. The van der Waals surface area contributed by atoms with Gasteiger partial charge >= 0.3 is 0 Å². The average Bonchev–Trinajstić information content (AvgIpc) is 2.56. The Morgan fingerprint density at radius 3 is 2.57 bits per heavy atom. The molecule has 80 valence electrons. The maximum absolute atomic E-state index is 5.67. The van der Waals surface area contributed by atoms with Crippen LogP contribution in [0.5, 0.6) is 0 Å². The Balaban J connectivity index is 2.49. The molecule has 5 heteroatoms. The van der Waals surface area contributed by atoms with Gasteiger partial charge in [0, 0.05) is 12.5 Å². The van der Waals surface area contributed by atoms with Crippen molar-refractivity contribution in [2.45, 2.75) is 39.5 Å². The molecule has 5 nitrogen and oxygen atoms in total. The molecule has 1 aromatic heterocycles. The number of hydrogen-bond donors (Lipinski definition) is 2. The first-order valence-corrected chi connectivity index (χ1v) is 4.96. The van der Waals surface area contributed by atoms with E-state index in [1.807, 2.05) is 0 Å². The molecule has 0 aliphatic carbocycles. The second-order valence-corrected chi connectivity index (χ2v) is 4.80. The van der Waals surface area contributed by atoms with E-state index in [0.717, 1.165) is 18.7 Å². The van der Waals surface area contributed by atoms with Crippen LogP contribution < -0.4 is 5.73 Å². The fourth-order valence-corrected chi connectivity index (χ4v) is 1.30. The lowest BCUT2D eigenvalue weighted by Gasteiger charge is -2.20. The zero-order chi connectivity index (χ0) is 10.6. The summed E-state index contributed by atoms with van der Waals surface area (Å²) < 4.78 is 0. The largest absolute Gasteiger partial charge is 0.330 e. The highest BCUT2D eigenvalue weighted by Crippen LogP contribution is 2.26. The molecule has 0 amide bonds. The molecule has 0 bridgehead atoms. The summed E-state index contributed by atoms with van der Waals surface area (Å²) in [4.78, 5) is 0. The minimum atomic E-state index is 0.230. The van der Waals surface area contributed by atoms with Crippen LogP contribution in [0.4, 0.5) is 0 Å². The number of H-pyrrole nitrogens is 1. The molecule has 0 spiro atoms. The van der Waals surface area contributed by atoms with E-state index < -0.39 is 0 Å². The van der Waals surface area contributed by atoms with Gasteiger partial charge in [0.05, 0.1) is 0 Å². The fraction of sp³-hybridized carbons (Fsp3) is 0.889. The van der Waals surface area contributed by atoms with Crippen LogP contribution in [-0.2, 0) is 0 Å².